The monoisotopic (exact) mass is 214 g/mol. The summed E-state index contributed by atoms with van der Waals surface area (Å²) in [5.41, 5.74) is 7.19. The minimum atomic E-state index is 0.641. The smallest absolute Gasteiger partial charge is 0.0832 e. The summed E-state index contributed by atoms with van der Waals surface area (Å²) in [7, 11) is 0. The highest BCUT2D eigenvalue weighted by Crippen LogP contribution is 2.28. The van der Waals surface area contributed by atoms with Crippen LogP contribution in [-0.2, 0) is 0 Å². The number of hydrogen-bond donors (Lipinski definition) is 2. The molecule has 0 spiro atoms. The van der Waals surface area contributed by atoms with Crippen LogP contribution in [0.4, 0.5) is 11.4 Å². The Hall–Kier alpha value is -0.480. The van der Waals surface area contributed by atoms with Crippen LogP contribution >= 0.6 is 24.4 Å². The highest BCUT2D eigenvalue weighted by molar-refractivity contribution is 7.74. The second-order valence-corrected chi connectivity index (χ2v) is 4.37. The number of nitrogens with two attached hydrogens (primary N) is 1. The van der Waals surface area contributed by atoms with E-state index in [2.05, 4.69) is 19.2 Å². The van der Waals surface area contributed by atoms with Gasteiger partial charge in [0, 0.05) is 6.54 Å². The molecule has 2 nitrogen and oxygen atoms in total. The lowest BCUT2D eigenvalue weighted by Crippen LogP contribution is -2.09. The fraction of sp³-hybridized carbons (Fsp3) is 0.556. The van der Waals surface area contributed by atoms with Crippen molar-refractivity contribution in [3.8, 4) is 0 Å². The summed E-state index contributed by atoms with van der Waals surface area (Å²) < 4.78 is 1.36. The highest BCUT2D eigenvalue weighted by Gasteiger charge is 2.10. The molecule has 13 heavy (non-hydrogen) atoms. The fourth-order valence-electron chi connectivity index (χ4n) is 1.07. The summed E-state index contributed by atoms with van der Waals surface area (Å²) in [6.07, 6.45) is 1.12. The zero-order chi connectivity index (χ0) is 10.0. The van der Waals surface area contributed by atoms with Crippen molar-refractivity contribution in [1.82, 2.24) is 0 Å². The summed E-state index contributed by atoms with van der Waals surface area (Å²) in [6.45, 7) is 5.28. The maximum Gasteiger partial charge on any atom is 0.0832 e. The average molecular weight is 214 g/mol. The van der Waals surface area contributed by atoms with Crippen molar-refractivity contribution in [3.05, 3.63) is 9.02 Å². The Balaban J connectivity index is 2.48. The van der Waals surface area contributed by atoms with E-state index in [4.69, 9.17) is 30.2 Å². The number of nitrogen functional groups attached to an aromatic ring is 1. The molecule has 0 aliphatic heterocycles. The Morgan fingerprint density at radius 2 is 1.92 bits per heavy atom. The van der Waals surface area contributed by atoms with Gasteiger partial charge in [-0.15, -0.1) is 0 Å². The van der Waals surface area contributed by atoms with Crippen LogP contribution in [0.2, 0.25) is 0 Å². The van der Waals surface area contributed by atoms with Gasteiger partial charge in [0.1, 0.15) is 0 Å². The van der Waals surface area contributed by atoms with Gasteiger partial charge in [0.15, 0.2) is 0 Å². The Labute approximate surface area is 88.8 Å². The average Bonchev–Trinajstić information content (AvgIpc) is 2.10. The van der Waals surface area contributed by atoms with Crippen molar-refractivity contribution < 1.29 is 0 Å². The minimum Gasteiger partial charge on any atom is -0.396 e. The summed E-state index contributed by atoms with van der Waals surface area (Å²) in [5, 5.41) is 3.21. The third-order valence-corrected chi connectivity index (χ3v) is 2.93. The molecule has 0 saturated heterocycles. The predicted octanol–water partition coefficient (Wildman–Crippen LogP) is 3.06. The maximum absolute atomic E-state index is 5.66. The molecule has 0 bridgehead atoms. The molecule has 1 aromatic rings. The van der Waals surface area contributed by atoms with Gasteiger partial charge in [-0.25, -0.2) is 0 Å². The SMILES string of the molecule is CC(C)CCNc1c(N)c(=S)c1=S. The van der Waals surface area contributed by atoms with Crippen molar-refractivity contribution in [3.63, 3.8) is 0 Å². The van der Waals surface area contributed by atoms with Crippen molar-refractivity contribution in [1.29, 1.82) is 0 Å². The van der Waals surface area contributed by atoms with E-state index < -0.39 is 0 Å². The molecule has 72 valence electrons. The number of nitrogens with one attached hydrogen (secondary N) is 1. The third kappa shape index (κ3) is 2.25. The molecule has 0 aromatic heterocycles. The van der Waals surface area contributed by atoms with E-state index in [1.54, 1.807) is 0 Å². The van der Waals surface area contributed by atoms with Crippen LogP contribution in [0.3, 0.4) is 0 Å². The molecule has 0 aliphatic carbocycles. The van der Waals surface area contributed by atoms with Crippen molar-refractivity contribution in [2.24, 2.45) is 5.92 Å². The first-order valence-corrected chi connectivity index (χ1v) is 5.18. The first-order chi connectivity index (χ1) is 6.04. The lowest BCUT2D eigenvalue weighted by molar-refractivity contribution is 0.607. The molecule has 4 heteroatoms. The topological polar surface area (TPSA) is 38.0 Å². The van der Waals surface area contributed by atoms with Crippen LogP contribution in [-0.4, -0.2) is 6.54 Å². The van der Waals surface area contributed by atoms with E-state index in [1.165, 1.54) is 0 Å². The molecule has 3 N–H and O–H groups in total. The van der Waals surface area contributed by atoms with Crippen molar-refractivity contribution in [2.75, 3.05) is 17.6 Å². The van der Waals surface area contributed by atoms with Gasteiger partial charge in [-0.3, -0.25) is 0 Å². The van der Waals surface area contributed by atoms with E-state index >= 15 is 0 Å². The minimum absolute atomic E-state index is 0.641. The summed E-state index contributed by atoms with van der Waals surface area (Å²) >= 11 is 9.99. The molecule has 0 radical (unpaired) electrons. The summed E-state index contributed by atoms with van der Waals surface area (Å²) in [5.74, 6) is 0.690. The largest absolute Gasteiger partial charge is 0.396 e. The maximum atomic E-state index is 5.66. The zero-order valence-electron chi connectivity index (χ0n) is 7.89. The van der Waals surface area contributed by atoms with Crippen LogP contribution < -0.4 is 11.1 Å². The lowest BCUT2D eigenvalue weighted by Gasteiger charge is -2.13. The molecular formula is C9H14N2S2. The van der Waals surface area contributed by atoms with Gasteiger partial charge in [-0.05, 0) is 12.3 Å². The second-order valence-electron chi connectivity index (χ2n) is 3.56. The molecule has 1 rings (SSSR count). The van der Waals surface area contributed by atoms with Crippen LogP contribution in [0.1, 0.15) is 20.3 Å². The van der Waals surface area contributed by atoms with Gasteiger partial charge >= 0.3 is 0 Å². The Kier molecular flexibility index (Phi) is 3.39. The van der Waals surface area contributed by atoms with E-state index in [0.29, 0.717) is 16.1 Å². The molecule has 0 amide bonds. The Morgan fingerprint density at radius 1 is 1.31 bits per heavy atom. The third-order valence-electron chi connectivity index (χ3n) is 1.97. The molecule has 0 saturated carbocycles. The van der Waals surface area contributed by atoms with Crippen LogP contribution in [0.5, 0.6) is 0 Å². The second kappa shape index (κ2) is 4.15. The number of rotatable bonds is 4. The van der Waals surface area contributed by atoms with Crippen LogP contribution in [0.15, 0.2) is 0 Å². The first kappa shape index (κ1) is 10.6. The highest BCUT2D eigenvalue weighted by atomic mass is 32.1. The van der Waals surface area contributed by atoms with Gasteiger partial charge in [-0.2, -0.15) is 0 Å². The predicted molar refractivity (Wildman–Crippen MR) is 62.8 cm³/mol. The molecule has 1 aromatic carbocycles. The molecule has 0 unspecified atom stereocenters. The van der Waals surface area contributed by atoms with Gasteiger partial charge in [-0.1, -0.05) is 38.3 Å². The van der Waals surface area contributed by atoms with Gasteiger partial charge in [0.05, 0.1) is 20.4 Å². The first-order valence-electron chi connectivity index (χ1n) is 4.36. The standard InChI is InChI=1S/C9H14N2S2/c1-5(2)3-4-11-7-6(10)8(12)9(7)13/h5,11H,3-4,10H2,1-2H3. The van der Waals surface area contributed by atoms with Crippen LogP contribution in [0, 0.1) is 14.9 Å². The molecular weight excluding hydrogens is 200 g/mol. The fourth-order valence-corrected chi connectivity index (χ4v) is 1.57. The van der Waals surface area contributed by atoms with Gasteiger partial charge in [0.25, 0.3) is 0 Å². The summed E-state index contributed by atoms with van der Waals surface area (Å²) in [6, 6.07) is 0. The quantitative estimate of drug-likeness (QED) is 0.755. The Morgan fingerprint density at radius 3 is 2.38 bits per heavy atom. The molecule has 0 fully saturated rings. The molecule has 0 heterocycles. The van der Waals surface area contributed by atoms with E-state index in [-0.39, 0.29) is 0 Å². The number of hydrogen-bond acceptors (Lipinski definition) is 4. The molecule has 0 atom stereocenters. The van der Waals surface area contributed by atoms with Crippen molar-refractivity contribution in [2.45, 2.75) is 20.3 Å². The zero-order valence-corrected chi connectivity index (χ0v) is 9.52. The van der Waals surface area contributed by atoms with Gasteiger partial charge in [0.2, 0.25) is 0 Å². The van der Waals surface area contributed by atoms with Crippen molar-refractivity contribution >= 4 is 35.8 Å². The Bertz CT molecular complexity index is 361. The van der Waals surface area contributed by atoms with E-state index in [0.717, 1.165) is 23.2 Å². The van der Waals surface area contributed by atoms with E-state index in [9.17, 15) is 0 Å². The molecule has 0 aliphatic rings. The van der Waals surface area contributed by atoms with E-state index in [1.807, 2.05) is 0 Å². The lowest BCUT2D eigenvalue weighted by atomic mass is 10.1. The summed E-state index contributed by atoms with van der Waals surface area (Å²) in [4.78, 5) is 0. The van der Waals surface area contributed by atoms with Crippen LogP contribution in [0.25, 0.3) is 0 Å². The normalized spacial score (nSPS) is 11.0. The van der Waals surface area contributed by atoms with Gasteiger partial charge < -0.3 is 11.1 Å². The number of anilines is 2.